The van der Waals surface area contributed by atoms with Gasteiger partial charge in [-0.05, 0) is 46.9 Å². The molecule has 5 heteroatoms. The number of hydrogen-bond donors (Lipinski definition) is 0. The predicted molar refractivity (Wildman–Crippen MR) is 75.9 cm³/mol. The highest BCUT2D eigenvalue weighted by atomic mass is 127. The van der Waals surface area contributed by atoms with Crippen LogP contribution in [-0.2, 0) is 0 Å². The van der Waals surface area contributed by atoms with Crippen molar-refractivity contribution < 1.29 is 0 Å². The molecule has 3 aromatic rings. The molecule has 0 saturated carbocycles. The van der Waals surface area contributed by atoms with Gasteiger partial charge in [-0.1, -0.05) is 12.1 Å². The fourth-order valence-electron chi connectivity index (χ4n) is 1.75. The quantitative estimate of drug-likeness (QED) is 0.637. The van der Waals surface area contributed by atoms with Crippen molar-refractivity contribution in [3.8, 4) is 17.5 Å². The maximum Gasteiger partial charge on any atom is 0.168 e. The van der Waals surface area contributed by atoms with Crippen molar-refractivity contribution in [1.29, 1.82) is 5.26 Å². The summed E-state index contributed by atoms with van der Waals surface area (Å²) in [7, 11) is 0. The van der Waals surface area contributed by atoms with Gasteiger partial charge in [0.15, 0.2) is 11.5 Å². The van der Waals surface area contributed by atoms with E-state index in [4.69, 9.17) is 5.26 Å². The first kappa shape index (κ1) is 11.2. The Morgan fingerprint density at radius 3 is 2.56 bits per heavy atom. The number of fused-ring (bicyclic) bond motifs is 1. The number of pyridine rings is 1. The summed E-state index contributed by atoms with van der Waals surface area (Å²) in [5.74, 6) is 0.749. The van der Waals surface area contributed by atoms with Gasteiger partial charge in [0.1, 0.15) is 6.07 Å². The van der Waals surface area contributed by atoms with E-state index in [1.54, 1.807) is 18.3 Å². The second-order valence-electron chi connectivity index (χ2n) is 3.79. The van der Waals surface area contributed by atoms with Gasteiger partial charge in [0.2, 0.25) is 0 Å². The molecule has 0 aliphatic carbocycles. The minimum Gasteiger partial charge on any atom is -0.281 e. The molecule has 0 atom stereocenters. The topological polar surface area (TPSA) is 54.0 Å². The SMILES string of the molecule is N#Cc1ccc2nnc(-c3ccc(I)cc3)n2c1. The number of rotatable bonds is 1. The zero-order valence-corrected chi connectivity index (χ0v) is 11.4. The third-order valence-electron chi connectivity index (χ3n) is 2.63. The summed E-state index contributed by atoms with van der Waals surface area (Å²) in [5.41, 5.74) is 2.31. The minimum atomic E-state index is 0.592. The monoisotopic (exact) mass is 346 g/mol. The Hall–Kier alpha value is -1.94. The van der Waals surface area contributed by atoms with E-state index in [-0.39, 0.29) is 0 Å². The molecular weight excluding hydrogens is 339 g/mol. The van der Waals surface area contributed by atoms with E-state index in [2.05, 4.69) is 38.9 Å². The summed E-state index contributed by atoms with van der Waals surface area (Å²) in [6.45, 7) is 0. The number of nitrogens with zero attached hydrogens (tertiary/aromatic N) is 4. The summed E-state index contributed by atoms with van der Waals surface area (Å²) < 4.78 is 3.00. The number of benzene rings is 1. The van der Waals surface area contributed by atoms with Gasteiger partial charge in [-0.25, -0.2) is 0 Å². The lowest BCUT2D eigenvalue weighted by Crippen LogP contribution is -1.90. The van der Waals surface area contributed by atoms with Crippen molar-refractivity contribution in [2.24, 2.45) is 0 Å². The molecule has 0 unspecified atom stereocenters. The molecule has 0 fully saturated rings. The average Bonchev–Trinajstić information content (AvgIpc) is 2.82. The van der Waals surface area contributed by atoms with Gasteiger partial charge in [-0.2, -0.15) is 5.26 Å². The smallest absolute Gasteiger partial charge is 0.168 e. The number of halogens is 1. The maximum absolute atomic E-state index is 8.93. The van der Waals surface area contributed by atoms with Crippen LogP contribution in [0.5, 0.6) is 0 Å². The normalized spacial score (nSPS) is 10.4. The Morgan fingerprint density at radius 2 is 1.83 bits per heavy atom. The second-order valence-corrected chi connectivity index (χ2v) is 5.03. The fourth-order valence-corrected chi connectivity index (χ4v) is 2.11. The zero-order chi connectivity index (χ0) is 12.5. The van der Waals surface area contributed by atoms with Gasteiger partial charge in [0, 0.05) is 15.3 Å². The minimum absolute atomic E-state index is 0.592. The summed E-state index contributed by atoms with van der Waals surface area (Å²) in [4.78, 5) is 0. The molecule has 86 valence electrons. The van der Waals surface area contributed by atoms with E-state index in [0.717, 1.165) is 17.0 Å². The van der Waals surface area contributed by atoms with Crippen LogP contribution in [0.1, 0.15) is 5.56 Å². The van der Waals surface area contributed by atoms with Crippen molar-refractivity contribution in [2.75, 3.05) is 0 Å². The van der Waals surface area contributed by atoms with Gasteiger partial charge in [-0.15, -0.1) is 10.2 Å². The molecule has 2 aromatic heterocycles. The van der Waals surface area contributed by atoms with Crippen LogP contribution in [0.15, 0.2) is 42.6 Å². The third kappa shape index (κ3) is 1.84. The van der Waals surface area contributed by atoms with Crippen LogP contribution < -0.4 is 0 Å². The van der Waals surface area contributed by atoms with Gasteiger partial charge in [0.05, 0.1) is 5.56 Å². The van der Waals surface area contributed by atoms with Crippen molar-refractivity contribution >= 4 is 28.2 Å². The summed E-state index contributed by atoms with van der Waals surface area (Å²) >= 11 is 2.26. The fraction of sp³-hybridized carbons (Fsp3) is 0. The van der Waals surface area contributed by atoms with E-state index in [9.17, 15) is 0 Å². The van der Waals surface area contributed by atoms with E-state index in [0.29, 0.717) is 5.56 Å². The van der Waals surface area contributed by atoms with Crippen LogP contribution in [0, 0.1) is 14.9 Å². The standard InChI is InChI=1S/C13H7IN4/c14-11-4-2-10(3-5-11)13-17-16-12-6-1-9(7-15)8-18(12)13/h1-6,8H. The molecule has 1 aromatic carbocycles. The van der Waals surface area contributed by atoms with Crippen LogP contribution in [0.2, 0.25) is 0 Å². The molecule has 0 aliphatic heterocycles. The van der Waals surface area contributed by atoms with Crippen molar-refractivity contribution in [3.63, 3.8) is 0 Å². The van der Waals surface area contributed by atoms with Gasteiger partial charge < -0.3 is 0 Å². The molecule has 0 aliphatic rings. The Labute approximate surface area is 117 Å². The van der Waals surface area contributed by atoms with E-state index in [1.165, 1.54) is 3.57 Å². The zero-order valence-electron chi connectivity index (χ0n) is 9.21. The molecule has 0 amide bonds. The number of nitriles is 1. The van der Waals surface area contributed by atoms with Crippen LogP contribution in [0.4, 0.5) is 0 Å². The van der Waals surface area contributed by atoms with Crippen molar-refractivity contribution in [3.05, 3.63) is 51.7 Å². The van der Waals surface area contributed by atoms with E-state index < -0.39 is 0 Å². The van der Waals surface area contributed by atoms with Crippen molar-refractivity contribution in [2.45, 2.75) is 0 Å². The van der Waals surface area contributed by atoms with Crippen LogP contribution >= 0.6 is 22.6 Å². The Kier molecular flexibility index (Phi) is 2.72. The highest BCUT2D eigenvalue weighted by molar-refractivity contribution is 14.1. The van der Waals surface area contributed by atoms with E-state index in [1.807, 2.05) is 28.7 Å². The first-order valence-electron chi connectivity index (χ1n) is 5.29. The molecule has 3 rings (SSSR count). The van der Waals surface area contributed by atoms with Crippen LogP contribution in [0.3, 0.4) is 0 Å². The highest BCUT2D eigenvalue weighted by Gasteiger charge is 2.08. The summed E-state index contributed by atoms with van der Waals surface area (Å²) in [6, 6.07) is 13.7. The van der Waals surface area contributed by atoms with Crippen LogP contribution in [0.25, 0.3) is 17.0 Å². The molecule has 4 nitrogen and oxygen atoms in total. The molecule has 0 saturated heterocycles. The molecule has 0 radical (unpaired) electrons. The Morgan fingerprint density at radius 1 is 1.06 bits per heavy atom. The Balaban J connectivity index is 2.23. The third-order valence-corrected chi connectivity index (χ3v) is 3.35. The average molecular weight is 346 g/mol. The lowest BCUT2D eigenvalue weighted by molar-refractivity contribution is 1.11. The first-order valence-corrected chi connectivity index (χ1v) is 6.36. The first-order chi connectivity index (χ1) is 8.78. The summed E-state index contributed by atoms with van der Waals surface area (Å²) in [6.07, 6.45) is 1.75. The molecule has 2 heterocycles. The lowest BCUT2D eigenvalue weighted by atomic mass is 10.2. The largest absolute Gasteiger partial charge is 0.281 e. The lowest BCUT2D eigenvalue weighted by Gasteiger charge is -2.00. The second kappa shape index (κ2) is 4.38. The molecule has 18 heavy (non-hydrogen) atoms. The molecule has 0 spiro atoms. The Bertz CT molecular complexity index is 753. The molecule has 0 bridgehead atoms. The van der Waals surface area contributed by atoms with E-state index >= 15 is 0 Å². The molecule has 0 N–H and O–H groups in total. The summed E-state index contributed by atoms with van der Waals surface area (Å²) in [5, 5.41) is 17.2. The highest BCUT2D eigenvalue weighted by Crippen LogP contribution is 2.19. The molecular formula is C13H7IN4. The number of hydrogen-bond acceptors (Lipinski definition) is 3. The van der Waals surface area contributed by atoms with Gasteiger partial charge >= 0.3 is 0 Å². The van der Waals surface area contributed by atoms with Gasteiger partial charge in [0.25, 0.3) is 0 Å². The number of aromatic nitrogens is 3. The predicted octanol–water partition coefficient (Wildman–Crippen LogP) is 2.87. The van der Waals surface area contributed by atoms with Crippen molar-refractivity contribution in [1.82, 2.24) is 14.6 Å². The van der Waals surface area contributed by atoms with Gasteiger partial charge in [-0.3, -0.25) is 4.40 Å². The maximum atomic E-state index is 8.93. The van der Waals surface area contributed by atoms with Crippen LogP contribution in [-0.4, -0.2) is 14.6 Å².